The molecule has 2 aromatic carbocycles. The summed E-state index contributed by atoms with van der Waals surface area (Å²) >= 11 is 9.91. The second-order valence-electron chi connectivity index (χ2n) is 5.45. The van der Waals surface area contributed by atoms with Gasteiger partial charge in [-0.15, -0.1) is 0 Å². The highest BCUT2D eigenvalue weighted by Gasteiger charge is 2.09. The SMILES string of the molecule is CC(N)Cc1ccc(N(C)Cc2cccc(Br)c2)c(Cl)c1. The van der Waals surface area contributed by atoms with Crippen LogP contribution in [-0.4, -0.2) is 13.1 Å². The number of benzene rings is 2. The summed E-state index contributed by atoms with van der Waals surface area (Å²) in [6.45, 7) is 2.81. The summed E-state index contributed by atoms with van der Waals surface area (Å²) in [6.07, 6.45) is 0.843. The smallest absolute Gasteiger partial charge is 0.0642 e. The molecule has 2 N–H and O–H groups in total. The highest BCUT2D eigenvalue weighted by Crippen LogP contribution is 2.28. The molecule has 1 unspecified atom stereocenters. The van der Waals surface area contributed by atoms with E-state index in [2.05, 4.69) is 45.1 Å². The van der Waals surface area contributed by atoms with Crippen molar-refractivity contribution in [3.05, 3.63) is 63.1 Å². The van der Waals surface area contributed by atoms with Gasteiger partial charge >= 0.3 is 0 Å². The average molecular weight is 368 g/mol. The van der Waals surface area contributed by atoms with Crippen molar-refractivity contribution in [1.82, 2.24) is 0 Å². The summed E-state index contributed by atoms with van der Waals surface area (Å²) in [5.74, 6) is 0. The molecular weight excluding hydrogens is 348 g/mol. The molecule has 0 heterocycles. The fourth-order valence-electron chi connectivity index (χ4n) is 2.35. The molecule has 0 aliphatic heterocycles. The predicted molar refractivity (Wildman–Crippen MR) is 95.1 cm³/mol. The molecule has 1 atom stereocenters. The summed E-state index contributed by atoms with van der Waals surface area (Å²) in [5.41, 5.74) is 9.28. The van der Waals surface area contributed by atoms with Crippen molar-refractivity contribution in [2.45, 2.75) is 25.9 Å². The minimum Gasteiger partial charge on any atom is -0.369 e. The van der Waals surface area contributed by atoms with Gasteiger partial charge in [0.2, 0.25) is 0 Å². The van der Waals surface area contributed by atoms with Gasteiger partial charge in [0, 0.05) is 24.1 Å². The van der Waals surface area contributed by atoms with Crippen molar-refractivity contribution in [2.75, 3.05) is 11.9 Å². The number of halogens is 2. The van der Waals surface area contributed by atoms with E-state index in [4.69, 9.17) is 17.3 Å². The molecule has 0 aliphatic rings. The lowest BCUT2D eigenvalue weighted by atomic mass is 10.1. The summed E-state index contributed by atoms with van der Waals surface area (Å²) in [4.78, 5) is 2.15. The van der Waals surface area contributed by atoms with Gasteiger partial charge in [0.25, 0.3) is 0 Å². The van der Waals surface area contributed by atoms with E-state index in [0.29, 0.717) is 0 Å². The average Bonchev–Trinajstić information content (AvgIpc) is 2.37. The maximum absolute atomic E-state index is 6.41. The molecule has 0 saturated heterocycles. The van der Waals surface area contributed by atoms with E-state index >= 15 is 0 Å². The quantitative estimate of drug-likeness (QED) is 0.835. The van der Waals surface area contributed by atoms with Crippen LogP contribution in [0.5, 0.6) is 0 Å². The Morgan fingerprint density at radius 2 is 1.95 bits per heavy atom. The van der Waals surface area contributed by atoms with E-state index in [1.165, 1.54) is 11.1 Å². The van der Waals surface area contributed by atoms with Crippen LogP contribution in [-0.2, 0) is 13.0 Å². The number of anilines is 1. The van der Waals surface area contributed by atoms with Gasteiger partial charge < -0.3 is 10.6 Å². The normalized spacial score (nSPS) is 12.2. The summed E-state index contributed by atoms with van der Waals surface area (Å²) in [6, 6.07) is 14.6. The highest BCUT2D eigenvalue weighted by molar-refractivity contribution is 9.10. The zero-order valence-corrected chi connectivity index (χ0v) is 14.7. The van der Waals surface area contributed by atoms with Gasteiger partial charge in [0.15, 0.2) is 0 Å². The molecule has 0 aromatic heterocycles. The number of rotatable bonds is 5. The first kappa shape index (κ1) is 16.3. The summed E-state index contributed by atoms with van der Waals surface area (Å²) in [5, 5.41) is 0.769. The monoisotopic (exact) mass is 366 g/mol. The fourth-order valence-corrected chi connectivity index (χ4v) is 3.15. The number of nitrogens with zero attached hydrogens (tertiary/aromatic N) is 1. The molecule has 0 radical (unpaired) electrons. The largest absolute Gasteiger partial charge is 0.369 e. The number of nitrogens with two attached hydrogens (primary N) is 1. The van der Waals surface area contributed by atoms with Gasteiger partial charge in [0.1, 0.15) is 0 Å². The van der Waals surface area contributed by atoms with Crippen LogP contribution in [0.3, 0.4) is 0 Å². The van der Waals surface area contributed by atoms with Crippen LogP contribution in [0.2, 0.25) is 5.02 Å². The molecular formula is C17H20BrClN2. The Kier molecular flexibility index (Phi) is 5.68. The van der Waals surface area contributed by atoms with Crippen molar-refractivity contribution < 1.29 is 0 Å². The molecule has 0 saturated carbocycles. The molecule has 4 heteroatoms. The van der Waals surface area contributed by atoms with Crippen molar-refractivity contribution in [1.29, 1.82) is 0 Å². The molecule has 0 bridgehead atoms. The van der Waals surface area contributed by atoms with Crippen LogP contribution in [0.25, 0.3) is 0 Å². The molecule has 2 nitrogen and oxygen atoms in total. The summed E-state index contributed by atoms with van der Waals surface area (Å²) < 4.78 is 1.09. The Morgan fingerprint density at radius 3 is 2.57 bits per heavy atom. The van der Waals surface area contributed by atoms with E-state index in [-0.39, 0.29) is 6.04 Å². The maximum atomic E-state index is 6.41. The van der Waals surface area contributed by atoms with Gasteiger partial charge in [0.05, 0.1) is 10.7 Å². The van der Waals surface area contributed by atoms with Gasteiger partial charge in [-0.3, -0.25) is 0 Å². The Balaban J connectivity index is 2.13. The molecule has 2 aromatic rings. The first-order valence-electron chi connectivity index (χ1n) is 6.95. The van der Waals surface area contributed by atoms with E-state index in [1.54, 1.807) is 0 Å². The Hall–Kier alpha value is -1.03. The lowest BCUT2D eigenvalue weighted by Gasteiger charge is -2.21. The zero-order chi connectivity index (χ0) is 15.4. The van der Waals surface area contributed by atoms with Crippen LogP contribution in [0.4, 0.5) is 5.69 Å². The molecule has 0 fully saturated rings. The van der Waals surface area contributed by atoms with Gasteiger partial charge in [-0.05, 0) is 48.7 Å². The third-order valence-electron chi connectivity index (χ3n) is 3.29. The minimum absolute atomic E-state index is 0.145. The number of hydrogen-bond donors (Lipinski definition) is 1. The van der Waals surface area contributed by atoms with Crippen LogP contribution in [0.15, 0.2) is 46.9 Å². The molecule has 2 rings (SSSR count). The third-order valence-corrected chi connectivity index (χ3v) is 4.09. The van der Waals surface area contributed by atoms with E-state index in [9.17, 15) is 0 Å². The van der Waals surface area contributed by atoms with Gasteiger partial charge in [-0.2, -0.15) is 0 Å². The van der Waals surface area contributed by atoms with E-state index < -0.39 is 0 Å². The minimum atomic E-state index is 0.145. The number of hydrogen-bond acceptors (Lipinski definition) is 2. The first-order valence-corrected chi connectivity index (χ1v) is 8.12. The van der Waals surface area contributed by atoms with Crippen molar-refractivity contribution in [3.63, 3.8) is 0 Å². The second kappa shape index (κ2) is 7.30. The van der Waals surface area contributed by atoms with Crippen molar-refractivity contribution in [2.24, 2.45) is 5.73 Å². The lowest BCUT2D eigenvalue weighted by Crippen LogP contribution is -2.19. The molecule has 0 spiro atoms. The predicted octanol–water partition coefficient (Wildman–Crippen LogP) is 4.63. The van der Waals surface area contributed by atoms with Crippen LogP contribution >= 0.6 is 27.5 Å². The Morgan fingerprint density at radius 1 is 1.19 bits per heavy atom. The van der Waals surface area contributed by atoms with E-state index in [0.717, 1.165) is 28.1 Å². The topological polar surface area (TPSA) is 29.3 Å². The van der Waals surface area contributed by atoms with Gasteiger partial charge in [-0.25, -0.2) is 0 Å². The first-order chi connectivity index (χ1) is 9.95. The molecule has 0 amide bonds. The van der Waals surface area contributed by atoms with Crippen molar-refractivity contribution in [3.8, 4) is 0 Å². The summed E-state index contributed by atoms with van der Waals surface area (Å²) in [7, 11) is 2.05. The van der Waals surface area contributed by atoms with Crippen LogP contribution in [0.1, 0.15) is 18.1 Å². The Bertz CT molecular complexity index is 613. The van der Waals surface area contributed by atoms with Gasteiger partial charge in [-0.1, -0.05) is 45.7 Å². The molecule has 21 heavy (non-hydrogen) atoms. The van der Waals surface area contributed by atoms with Crippen molar-refractivity contribution >= 4 is 33.2 Å². The molecule has 112 valence electrons. The standard InChI is InChI=1S/C17H20BrClN2/c1-12(20)8-13-6-7-17(16(19)10-13)21(2)11-14-4-3-5-15(18)9-14/h3-7,9-10,12H,8,11,20H2,1-2H3. The van der Waals surface area contributed by atoms with E-state index in [1.807, 2.05) is 32.2 Å². The Labute approximate surface area is 140 Å². The lowest BCUT2D eigenvalue weighted by molar-refractivity contribution is 0.738. The molecule has 0 aliphatic carbocycles. The highest BCUT2D eigenvalue weighted by atomic mass is 79.9. The second-order valence-corrected chi connectivity index (χ2v) is 6.78. The maximum Gasteiger partial charge on any atom is 0.0642 e. The van der Waals surface area contributed by atoms with Crippen LogP contribution < -0.4 is 10.6 Å². The third kappa shape index (κ3) is 4.73. The van der Waals surface area contributed by atoms with Crippen LogP contribution in [0, 0.1) is 0 Å². The zero-order valence-electron chi connectivity index (χ0n) is 12.3. The fraction of sp³-hybridized carbons (Fsp3) is 0.294.